The van der Waals surface area contributed by atoms with E-state index >= 15 is 0 Å². The standard InChI is InChI=1S/C16H32N2O2/c1-12(2)7-15(5-6-19)9-17-16(20)18-10-13(3)8-14(4)11-18/h12-15,19H,5-11H2,1-4H3,(H,17,20). The van der Waals surface area contributed by atoms with E-state index in [1.807, 2.05) is 4.90 Å². The van der Waals surface area contributed by atoms with Crippen molar-refractivity contribution in [3.05, 3.63) is 0 Å². The van der Waals surface area contributed by atoms with Crippen LogP contribution in [0.1, 0.15) is 47.0 Å². The quantitative estimate of drug-likeness (QED) is 0.788. The smallest absolute Gasteiger partial charge is 0.317 e. The van der Waals surface area contributed by atoms with Crippen LogP contribution in [0, 0.1) is 23.7 Å². The number of nitrogens with zero attached hydrogens (tertiary/aromatic N) is 1. The van der Waals surface area contributed by atoms with Gasteiger partial charge in [-0.25, -0.2) is 4.79 Å². The largest absolute Gasteiger partial charge is 0.396 e. The number of likely N-dealkylation sites (tertiary alicyclic amines) is 1. The van der Waals surface area contributed by atoms with Crippen molar-refractivity contribution in [2.75, 3.05) is 26.2 Å². The molecule has 0 spiro atoms. The SMILES string of the molecule is CC(C)CC(CCO)CNC(=O)N1CC(C)CC(C)C1. The average molecular weight is 284 g/mol. The summed E-state index contributed by atoms with van der Waals surface area (Å²) in [7, 11) is 0. The van der Waals surface area contributed by atoms with Crippen LogP contribution in [-0.2, 0) is 0 Å². The molecule has 0 aromatic carbocycles. The van der Waals surface area contributed by atoms with E-state index < -0.39 is 0 Å². The summed E-state index contributed by atoms with van der Waals surface area (Å²) in [6, 6.07) is 0.0649. The fourth-order valence-corrected chi connectivity index (χ4v) is 3.32. The topological polar surface area (TPSA) is 52.6 Å². The van der Waals surface area contributed by atoms with Crippen molar-refractivity contribution in [3.8, 4) is 0 Å². The Hall–Kier alpha value is -0.770. The van der Waals surface area contributed by atoms with Crippen LogP contribution in [0.15, 0.2) is 0 Å². The molecule has 1 saturated heterocycles. The van der Waals surface area contributed by atoms with Crippen LogP contribution in [0.4, 0.5) is 4.79 Å². The van der Waals surface area contributed by atoms with Crippen molar-refractivity contribution < 1.29 is 9.90 Å². The molecule has 0 aromatic heterocycles. The van der Waals surface area contributed by atoms with Crippen LogP contribution >= 0.6 is 0 Å². The molecule has 1 aliphatic rings. The first-order valence-corrected chi connectivity index (χ1v) is 8.06. The van der Waals surface area contributed by atoms with Gasteiger partial charge in [0.15, 0.2) is 0 Å². The minimum absolute atomic E-state index is 0.0649. The predicted octanol–water partition coefficient (Wildman–Crippen LogP) is 2.72. The van der Waals surface area contributed by atoms with E-state index in [1.54, 1.807) is 0 Å². The van der Waals surface area contributed by atoms with Gasteiger partial charge in [-0.05, 0) is 42.9 Å². The Balaban J connectivity index is 2.40. The molecule has 4 nitrogen and oxygen atoms in total. The van der Waals surface area contributed by atoms with Crippen LogP contribution in [0.2, 0.25) is 0 Å². The summed E-state index contributed by atoms with van der Waals surface area (Å²) >= 11 is 0. The van der Waals surface area contributed by atoms with Gasteiger partial charge in [0, 0.05) is 26.2 Å². The van der Waals surface area contributed by atoms with Gasteiger partial charge in [-0.2, -0.15) is 0 Å². The van der Waals surface area contributed by atoms with E-state index in [0.717, 1.165) is 25.9 Å². The van der Waals surface area contributed by atoms with Gasteiger partial charge in [-0.15, -0.1) is 0 Å². The van der Waals surface area contributed by atoms with E-state index in [1.165, 1.54) is 6.42 Å². The lowest BCUT2D eigenvalue weighted by molar-refractivity contribution is 0.143. The van der Waals surface area contributed by atoms with Crippen molar-refractivity contribution >= 4 is 6.03 Å². The lowest BCUT2D eigenvalue weighted by Crippen LogP contribution is -2.48. The maximum Gasteiger partial charge on any atom is 0.317 e. The number of rotatable bonds is 6. The summed E-state index contributed by atoms with van der Waals surface area (Å²) in [6.45, 7) is 11.4. The molecule has 0 bridgehead atoms. The number of carbonyl (C=O) groups is 1. The summed E-state index contributed by atoms with van der Waals surface area (Å²) in [5, 5.41) is 12.2. The third-order valence-electron chi connectivity index (χ3n) is 4.04. The molecule has 1 aliphatic heterocycles. The monoisotopic (exact) mass is 284 g/mol. The second kappa shape index (κ2) is 8.50. The highest BCUT2D eigenvalue weighted by Crippen LogP contribution is 2.21. The predicted molar refractivity (Wildman–Crippen MR) is 82.6 cm³/mol. The van der Waals surface area contributed by atoms with Gasteiger partial charge in [0.1, 0.15) is 0 Å². The molecule has 0 radical (unpaired) electrons. The lowest BCUT2D eigenvalue weighted by Gasteiger charge is -2.35. The Morgan fingerprint density at radius 2 is 1.90 bits per heavy atom. The molecular weight excluding hydrogens is 252 g/mol. The van der Waals surface area contributed by atoms with Gasteiger partial charge in [0.05, 0.1) is 0 Å². The maximum atomic E-state index is 12.2. The molecule has 3 atom stereocenters. The van der Waals surface area contributed by atoms with E-state index in [2.05, 4.69) is 33.0 Å². The highest BCUT2D eigenvalue weighted by Gasteiger charge is 2.25. The lowest BCUT2D eigenvalue weighted by atomic mass is 9.92. The number of aliphatic hydroxyl groups is 1. The maximum absolute atomic E-state index is 12.2. The summed E-state index contributed by atoms with van der Waals surface area (Å²) in [6.07, 6.45) is 3.03. The zero-order valence-electron chi connectivity index (χ0n) is 13.6. The highest BCUT2D eigenvalue weighted by molar-refractivity contribution is 5.74. The number of carbonyl (C=O) groups excluding carboxylic acids is 1. The van der Waals surface area contributed by atoms with Gasteiger partial charge in [-0.1, -0.05) is 27.7 Å². The second-order valence-electron chi connectivity index (χ2n) is 7.04. The van der Waals surface area contributed by atoms with Crippen molar-refractivity contribution in [1.29, 1.82) is 0 Å². The van der Waals surface area contributed by atoms with E-state index in [4.69, 9.17) is 5.11 Å². The molecule has 2 amide bonds. The molecule has 1 heterocycles. The Morgan fingerprint density at radius 1 is 1.30 bits per heavy atom. The molecule has 0 saturated carbocycles. The Kier molecular flexibility index (Phi) is 7.35. The van der Waals surface area contributed by atoms with Crippen molar-refractivity contribution in [1.82, 2.24) is 10.2 Å². The molecule has 4 heteroatoms. The van der Waals surface area contributed by atoms with Gasteiger partial charge in [-0.3, -0.25) is 0 Å². The summed E-state index contributed by atoms with van der Waals surface area (Å²) in [5.41, 5.74) is 0. The Bertz CT molecular complexity index is 284. The zero-order chi connectivity index (χ0) is 15.1. The summed E-state index contributed by atoms with van der Waals surface area (Å²) < 4.78 is 0. The highest BCUT2D eigenvalue weighted by atomic mass is 16.3. The molecule has 118 valence electrons. The average Bonchev–Trinajstić information content (AvgIpc) is 2.34. The minimum Gasteiger partial charge on any atom is -0.396 e. The van der Waals surface area contributed by atoms with Gasteiger partial charge in [0.25, 0.3) is 0 Å². The number of aliphatic hydroxyl groups excluding tert-OH is 1. The first-order chi connectivity index (χ1) is 9.42. The third kappa shape index (κ3) is 6.12. The van der Waals surface area contributed by atoms with Crippen LogP contribution in [0.5, 0.6) is 0 Å². The Labute approximate surface area is 123 Å². The van der Waals surface area contributed by atoms with Crippen LogP contribution in [0.3, 0.4) is 0 Å². The van der Waals surface area contributed by atoms with Crippen LogP contribution in [-0.4, -0.2) is 42.3 Å². The van der Waals surface area contributed by atoms with Gasteiger partial charge in [0.2, 0.25) is 0 Å². The second-order valence-corrected chi connectivity index (χ2v) is 7.04. The van der Waals surface area contributed by atoms with Crippen LogP contribution < -0.4 is 5.32 Å². The molecule has 0 aromatic rings. The molecule has 20 heavy (non-hydrogen) atoms. The molecule has 1 fully saturated rings. The fourth-order valence-electron chi connectivity index (χ4n) is 3.32. The first kappa shape index (κ1) is 17.3. The molecule has 0 aliphatic carbocycles. The van der Waals surface area contributed by atoms with Crippen molar-refractivity contribution in [3.63, 3.8) is 0 Å². The molecule has 1 rings (SSSR count). The number of piperidine rings is 1. The van der Waals surface area contributed by atoms with Crippen LogP contribution in [0.25, 0.3) is 0 Å². The van der Waals surface area contributed by atoms with Gasteiger partial charge >= 0.3 is 6.03 Å². The van der Waals surface area contributed by atoms with Crippen molar-refractivity contribution in [2.24, 2.45) is 23.7 Å². The Morgan fingerprint density at radius 3 is 2.40 bits per heavy atom. The van der Waals surface area contributed by atoms with Crippen molar-refractivity contribution in [2.45, 2.75) is 47.0 Å². The van der Waals surface area contributed by atoms with E-state index in [0.29, 0.717) is 30.2 Å². The molecule has 2 N–H and O–H groups in total. The first-order valence-electron chi connectivity index (χ1n) is 8.06. The number of nitrogens with one attached hydrogen (secondary N) is 1. The molecular formula is C16H32N2O2. The number of hydrogen-bond acceptors (Lipinski definition) is 2. The number of amides is 2. The normalized spacial score (nSPS) is 24.8. The minimum atomic E-state index is 0.0649. The summed E-state index contributed by atoms with van der Waals surface area (Å²) in [5.74, 6) is 2.16. The van der Waals surface area contributed by atoms with E-state index in [-0.39, 0.29) is 12.6 Å². The summed E-state index contributed by atoms with van der Waals surface area (Å²) in [4.78, 5) is 14.2. The molecule has 3 unspecified atom stereocenters. The fraction of sp³-hybridized carbons (Fsp3) is 0.938. The van der Waals surface area contributed by atoms with Gasteiger partial charge < -0.3 is 15.3 Å². The third-order valence-corrected chi connectivity index (χ3v) is 4.04. The number of urea groups is 1. The zero-order valence-corrected chi connectivity index (χ0v) is 13.6. The van der Waals surface area contributed by atoms with E-state index in [9.17, 15) is 4.79 Å². The number of hydrogen-bond donors (Lipinski definition) is 2.